The van der Waals surface area contributed by atoms with Gasteiger partial charge in [0.2, 0.25) is 0 Å². The summed E-state index contributed by atoms with van der Waals surface area (Å²) < 4.78 is 63.5. The van der Waals surface area contributed by atoms with Crippen molar-refractivity contribution in [2.24, 2.45) is 0 Å². The molecule has 0 aromatic heterocycles. The number of hydrogen-bond donors (Lipinski definition) is 0. The monoisotopic (exact) mass is 853 g/mol. The molecule has 0 aliphatic carbocycles. The fourth-order valence-corrected chi connectivity index (χ4v) is 3.31. The number of hydrogen-bond acceptors (Lipinski definition) is 21. The van der Waals surface area contributed by atoms with Crippen LogP contribution in [0.2, 0.25) is 0 Å². The quantitative estimate of drug-likeness (QED) is 0.177. The van der Waals surface area contributed by atoms with Crippen molar-refractivity contribution in [2.45, 2.75) is 0 Å². The molecule has 0 saturated carbocycles. The molecule has 0 unspecified atom stereocenters. The largest absolute Gasteiger partial charge is 3.00 e. The van der Waals surface area contributed by atoms with E-state index in [2.05, 4.69) is 12.9 Å². The molecule has 0 spiro atoms. The van der Waals surface area contributed by atoms with Gasteiger partial charge in [0.05, 0.1) is 46.9 Å². The molecule has 0 heterocycles. The molecule has 0 fully saturated rings. The van der Waals surface area contributed by atoms with Crippen LogP contribution in [0.5, 0.6) is 0 Å². The molecule has 0 N–H and O–H groups in total. The number of phosphoric acid groups is 6. The van der Waals surface area contributed by atoms with Crippen LogP contribution in [0.25, 0.3) is 0 Å². The molecule has 0 aliphatic rings. The van der Waals surface area contributed by atoms with Crippen molar-refractivity contribution >= 4 is 116 Å². The summed E-state index contributed by atoms with van der Waals surface area (Å²) in [5.41, 5.74) is 0. The molecule has 35 heteroatoms. The first-order valence-corrected chi connectivity index (χ1v) is 13.1. The fourth-order valence-electron chi connectivity index (χ4n) is 0.367. The van der Waals surface area contributed by atoms with E-state index < -0.39 is 46.9 Å². The molecule has 0 aromatic rings. The van der Waals surface area contributed by atoms with Gasteiger partial charge in [-0.2, -0.15) is 0 Å². The fraction of sp³-hybridized carbons (Fsp3) is 0. The third kappa shape index (κ3) is 101. The van der Waals surface area contributed by atoms with E-state index in [1.807, 2.05) is 0 Å². The second kappa shape index (κ2) is 29.1. The molecular formula is Al4Fe4O21P6. The summed E-state index contributed by atoms with van der Waals surface area (Å²) in [6, 6.07) is 0. The molecule has 16 radical (unpaired) electrons. The molecule has 35 heavy (non-hydrogen) atoms. The van der Waals surface area contributed by atoms with Crippen molar-refractivity contribution in [1.29, 1.82) is 0 Å². The van der Waals surface area contributed by atoms with E-state index in [0.717, 1.165) is 0 Å². The van der Waals surface area contributed by atoms with Crippen LogP contribution in [0.3, 0.4) is 0 Å². The number of rotatable bonds is 6. The van der Waals surface area contributed by atoms with Crippen molar-refractivity contribution < 1.29 is 167 Å². The molecule has 0 saturated heterocycles. The van der Waals surface area contributed by atoms with Crippen molar-refractivity contribution in [3.63, 3.8) is 0 Å². The Balaban J connectivity index is -0.0000000246. The van der Waals surface area contributed by atoms with Crippen LogP contribution in [-0.4, -0.2) is 69.4 Å². The zero-order chi connectivity index (χ0) is 23.1. The third-order valence-electron chi connectivity index (χ3n) is 0.600. The molecule has 0 amide bonds. The van der Waals surface area contributed by atoms with E-state index in [9.17, 15) is 86.1 Å². The topological polar surface area (TPSA) is 407 Å². The van der Waals surface area contributed by atoms with Crippen molar-refractivity contribution in [2.75, 3.05) is 0 Å². The first kappa shape index (κ1) is 72.3. The normalized spacial score (nSPS) is 10.6. The molecule has 0 aromatic carbocycles. The molecule has 0 atom stereocenters. The van der Waals surface area contributed by atoms with Gasteiger partial charge >= 0.3 is 68.3 Å². The maximum Gasteiger partial charge on any atom is 3.00 e. The van der Waals surface area contributed by atoms with E-state index >= 15 is 0 Å². The Morgan fingerprint density at radius 3 is 0.343 bits per heavy atom. The molecule has 0 bridgehead atoms. The van der Waals surface area contributed by atoms with Gasteiger partial charge in [0, 0.05) is 69.4 Å². The van der Waals surface area contributed by atoms with E-state index in [0.29, 0.717) is 0 Å². The first-order valence-electron chi connectivity index (χ1n) is 4.38. The van der Waals surface area contributed by atoms with E-state index in [4.69, 9.17) is 0 Å². The van der Waals surface area contributed by atoms with Gasteiger partial charge in [-0.25, -0.2) is 0 Å². The Labute approximate surface area is 280 Å². The van der Waals surface area contributed by atoms with Gasteiger partial charge in [-0.05, 0) is 0 Å². The summed E-state index contributed by atoms with van der Waals surface area (Å²) in [5.74, 6) is 0. The van der Waals surface area contributed by atoms with Gasteiger partial charge in [-0.3, -0.25) is 0 Å². The van der Waals surface area contributed by atoms with Gasteiger partial charge in [-0.15, -0.1) is 0 Å². The maximum atomic E-state index is 9.32. The summed E-state index contributed by atoms with van der Waals surface area (Å²) in [5, 5.41) is 0. The maximum absolute atomic E-state index is 9.32. The smallest absolute Gasteiger partial charge is 0.790 e. The van der Waals surface area contributed by atoms with Crippen molar-refractivity contribution in [1.82, 2.24) is 0 Å². The van der Waals surface area contributed by atoms with Gasteiger partial charge in [-0.1, -0.05) is 0 Å². The minimum atomic E-state index is -5.68. The van der Waals surface area contributed by atoms with Crippen LogP contribution in [-0.2, 0) is 109 Å². The predicted octanol–water partition coefficient (Wildman–Crippen LogP) is -11.6. The summed E-state index contributed by atoms with van der Waals surface area (Å²) >= 11 is 0. The Hall–Kier alpha value is 4.99. The standard InChI is InChI=1S/4Al.4Fe.3H4O7P2/c;;;;;;;;3*1-8(2,3)7-9(4,5)6/h;;;;;;;;3*(H2,1,2,3)(H2,4,5,6)/q;;;;4*+3;;;/p-12. The molecule has 200 valence electrons. The Bertz CT molecular complexity index is 577. The second-order valence-electron chi connectivity index (χ2n) is 2.93. The van der Waals surface area contributed by atoms with Crippen LogP contribution in [0.15, 0.2) is 0 Å². The summed E-state index contributed by atoms with van der Waals surface area (Å²) in [6.45, 7) is 0. The zero-order valence-corrected chi connectivity index (χ0v) is 29.4. The average Bonchev–Trinajstić information content (AvgIpc) is 1.96. The SMILES string of the molecule is O=P([O-])([O-])OP(=O)([O-])[O-].O=P([O-])([O-])OP(=O)([O-])[O-].O=P([O-])([O-])OP(=O)([O-])[O-].[Al].[Al].[Al].[Al].[Fe+3].[Fe+3].[Fe+3].[Fe+3]. The zero-order valence-electron chi connectivity index (χ0n) is 15.0. The average molecular weight is 853 g/mol. The minimum absolute atomic E-state index is 0. The van der Waals surface area contributed by atoms with Gasteiger partial charge < -0.3 is 99.0 Å². The summed E-state index contributed by atoms with van der Waals surface area (Å²) in [6.07, 6.45) is 0. The van der Waals surface area contributed by atoms with Crippen LogP contribution in [0, 0.1) is 0 Å². The van der Waals surface area contributed by atoms with Gasteiger partial charge in [0.1, 0.15) is 0 Å². The Morgan fingerprint density at radius 2 is 0.343 bits per heavy atom. The first-order chi connectivity index (χ1) is 11.1. The van der Waals surface area contributed by atoms with Crippen LogP contribution < -0.4 is 58.7 Å². The van der Waals surface area contributed by atoms with Crippen molar-refractivity contribution in [3.05, 3.63) is 0 Å². The summed E-state index contributed by atoms with van der Waals surface area (Å²) in [4.78, 5) is 112. The Morgan fingerprint density at radius 1 is 0.286 bits per heavy atom. The van der Waals surface area contributed by atoms with Crippen molar-refractivity contribution in [3.8, 4) is 0 Å². The molecule has 0 aliphatic heterocycles. The van der Waals surface area contributed by atoms with Gasteiger partial charge in [0.25, 0.3) is 0 Å². The van der Waals surface area contributed by atoms with Crippen LogP contribution >= 0.6 is 46.9 Å². The van der Waals surface area contributed by atoms with Crippen LogP contribution in [0.4, 0.5) is 0 Å². The molecule has 0 rings (SSSR count). The van der Waals surface area contributed by atoms with Crippen LogP contribution in [0.1, 0.15) is 0 Å². The summed E-state index contributed by atoms with van der Waals surface area (Å²) in [7, 11) is -34.1. The third-order valence-corrected chi connectivity index (χ3v) is 5.40. The second-order valence-corrected chi connectivity index (χ2v) is 10.3. The van der Waals surface area contributed by atoms with E-state index in [-0.39, 0.29) is 138 Å². The predicted molar refractivity (Wildman–Crippen MR) is 71.9 cm³/mol. The molecular weight excluding hydrogens is 853 g/mol. The molecule has 21 nitrogen and oxygen atoms in total. The van der Waals surface area contributed by atoms with E-state index in [1.165, 1.54) is 0 Å². The Kier molecular flexibility index (Phi) is 60.1. The van der Waals surface area contributed by atoms with E-state index in [1.54, 1.807) is 0 Å². The minimum Gasteiger partial charge on any atom is -0.790 e. The van der Waals surface area contributed by atoms with Gasteiger partial charge in [0.15, 0.2) is 0 Å².